The van der Waals surface area contributed by atoms with Crippen LogP contribution in [0.15, 0.2) is 12.3 Å². The van der Waals surface area contributed by atoms with Crippen molar-refractivity contribution in [3.05, 3.63) is 23.5 Å². The third-order valence-corrected chi connectivity index (χ3v) is 1.87. The highest BCUT2D eigenvalue weighted by Crippen LogP contribution is 2.08. The molecule has 2 N–H and O–H groups in total. The molecule has 0 spiro atoms. The van der Waals surface area contributed by atoms with Crippen LogP contribution in [-0.4, -0.2) is 22.7 Å². The van der Waals surface area contributed by atoms with Gasteiger partial charge < -0.3 is 5.73 Å². The maximum absolute atomic E-state index is 11.3. The molecule has 0 radical (unpaired) electrons. The molecule has 0 aliphatic carbocycles. The molecule has 1 aromatic rings. The van der Waals surface area contributed by atoms with Gasteiger partial charge in [0.25, 0.3) is 5.91 Å². The van der Waals surface area contributed by atoms with E-state index in [-0.39, 0.29) is 23.6 Å². The second kappa shape index (κ2) is 3.87. The number of aldehydes is 1. The third kappa shape index (κ3) is 1.56. The number of rotatable bonds is 3. The van der Waals surface area contributed by atoms with E-state index in [1.165, 1.54) is 12.3 Å². The Hall–Kier alpha value is -1.91. The quantitative estimate of drug-likeness (QED) is 0.709. The van der Waals surface area contributed by atoms with Crippen molar-refractivity contribution >= 4 is 18.1 Å². The summed E-state index contributed by atoms with van der Waals surface area (Å²) in [5.41, 5.74) is 5.11. The van der Waals surface area contributed by atoms with Crippen LogP contribution in [0.25, 0.3) is 0 Å². The van der Waals surface area contributed by atoms with Gasteiger partial charge in [-0.2, -0.15) is 0 Å². The number of aromatic nitrogens is 1. The van der Waals surface area contributed by atoms with E-state index < -0.39 is 5.91 Å². The molecular weight excluding hydrogens is 184 g/mol. The first-order chi connectivity index (χ1) is 6.61. The van der Waals surface area contributed by atoms with E-state index in [1.54, 1.807) is 6.92 Å². The van der Waals surface area contributed by atoms with Crippen LogP contribution < -0.4 is 5.73 Å². The van der Waals surface area contributed by atoms with Gasteiger partial charge in [0.1, 0.15) is 5.69 Å². The molecule has 0 bridgehead atoms. The fourth-order valence-corrected chi connectivity index (χ4v) is 1.16. The second-order valence-corrected chi connectivity index (χ2v) is 2.71. The number of carbonyl (C=O) groups is 3. The van der Waals surface area contributed by atoms with Gasteiger partial charge in [-0.1, -0.05) is 6.92 Å². The summed E-state index contributed by atoms with van der Waals surface area (Å²) in [5, 5.41) is 0. The molecule has 5 heteroatoms. The highest BCUT2D eigenvalue weighted by Gasteiger charge is 2.15. The average molecular weight is 194 g/mol. The van der Waals surface area contributed by atoms with Crippen molar-refractivity contribution in [3.8, 4) is 0 Å². The molecule has 14 heavy (non-hydrogen) atoms. The van der Waals surface area contributed by atoms with Crippen molar-refractivity contribution in [2.24, 2.45) is 5.73 Å². The lowest BCUT2D eigenvalue weighted by Gasteiger charge is -2.01. The van der Waals surface area contributed by atoms with Crippen molar-refractivity contribution < 1.29 is 14.4 Å². The third-order valence-electron chi connectivity index (χ3n) is 1.87. The monoisotopic (exact) mass is 194 g/mol. The van der Waals surface area contributed by atoms with Crippen LogP contribution in [0.2, 0.25) is 0 Å². The Labute approximate surface area is 80.5 Å². The molecule has 1 aromatic heterocycles. The Morgan fingerprint density at radius 3 is 2.64 bits per heavy atom. The molecule has 5 nitrogen and oxygen atoms in total. The Morgan fingerprint density at radius 1 is 1.57 bits per heavy atom. The van der Waals surface area contributed by atoms with E-state index in [0.29, 0.717) is 6.29 Å². The molecule has 0 saturated carbocycles. The smallest absolute Gasteiger partial charge is 0.251 e. The van der Waals surface area contributed by atoms with Crippen LogP contribution in [0.5, 0.6) is 0 Å². The first-order valence-corrected chi connectivity index (χ1v) is 4.11. The Kier molecular flexibility index (Phi) is 2.81. The normalized spacial score (nSPS) is 9.79. The van der Waals surface area contributed by atoms with Gasteiger partial charge in [0.05, 0.1) is 5.56 Å². The van der Waals surface area contributed by atoms with Crippen molar-refractivity contribution in [2.75, 3.05) is 0 Å². The highest BCUT2D eigenvalue weighted by molar-refractivity contribution is 6.02. The predicted octanol–water partition coefficient (Wildman–Crippen LogP) is 0.450. The molecule has 1 heterocycles. The van der Waals surface area contributed by atoms with Crippen molar-refractivity contribution in [1.29, 1.82) is 0 Å². The zero-order chi connectivity index (χ0) is 10.7. The summed E-state index contributed by atoms with van der Waals surface area (Å²) in [7, 11) is 0. The van der Waals surface area contributed by atoms with Gasteiger partial charge in [-0.05, 0) is 6.07 Å². The summed E-state index contributed by atoms with van der Waals surface area (Å²) in [6.07, 6.45) is 2.08. The van der Waals surface area contributed by atoms with Crippen molar-refractivity contribution in [1.82, 2.24) is 4.57 Å². The molecule has 74 valence electrons. The fourth-order valence-electron chi connectivity index (χ4n) is 1.16. The molecular formula is C9H10N2O3. The van der Waals surface area contributed by atoms with Gasteiger partial charge >= 0.3 is 0 Å². The zero-order valence-electron chi connectivity index (χ0n) is 7.69. The van der Waals surface area contributed by atoms with E-state index in [9.17, 15) is 14.4 Å². The predicted molar refractivity (Wildman–Crippen MR) is 49.3 cm³/mol. The van der Waals surface area contributed by atoms with Crippen molar-refractivity contribution in [2.45, 2.75) is 13.3 Å². The lowest BCUT2D eigenvalue weighted by molar-refractivity contribution is 0.0897. The average Bonchev–Trinajstić information content (AvgIpc) is 2.59. The SMILES string of the molecule is CCC(=O)n1ccc(C(N)=O)c1C=O. The summed E-state index contributed by atoms with van der Waals surface area (Å²) < 4.78 is 1.13. The van der Waals surface area contributed by atoms with Gasteiger partial charge in [0.15, 0.2) is 6.29 Å². The minimum atomic E-state index is -0.713. The molecule has 1 amide bonds. The summed E-state index contributed by atoms with van der Waals surface area (Å²) in [6, 6.07) is 1.36. The minimum Gasteiger partial charge on any atom is -0.366 e. The number of amides is 1. The number of nitrogens with zero attached hydrogens (tertiary/aromatic N) is 1. The zero-order valence-corrected chi connectivity index (χ0v) is 7.69. The molecule has 0 aliphatic rings. The fraction of sp³-hybridized carbons (Fsp3) is 0.222. The number of primary amides is 1. The maximum Gasteiger partial charge on any atom is 0.251 e. The summed E-state index contributed by atoms with van der Waals surface area (Å²) in [4.78, 5) is 32.8. The number of hydrogen-bond donors (Lipinski definition) is 1. The lowest BCUT2D eigenvalue weighted by Crippen LogP contribution is -2.16. The minimum absolute atomic E-state index is 0.0179. The van der Waals surface area contributed by atoms with Gasteiger partial charge in [-0.15, -0.1) is 0 Å². The second-order valence-electron chi connectivity index (χ2n) is 2.71. The molecule has 0 unspecified atom stereocenters. The Morgan fingerprint density at radius 2 is 2.21 bits per heavy atom. The topological polar surface area (TPSA) is 82.2 Å². The molecule has 0 saturated heterocycles. The van der Waals surface area contributed by atoms with E-state index in [4.69, 9.17) is 5.73 Å². The standard InChI is InChI=1S/C9H10N2O3/c1-2-8(13)11-4-3-6(9(10)14)7(11)5-12/h3-5H,2H2,1H3,(H2,10,14). The van der Waals surface area contributed by atoms with Gasteiger partial charge in [0, 0.05) is 12.6 Å². The van der Waals surface area contributed by atoms with E-state index in [1.807, 2.05) is 0 Å². The van der Waals surface area contributed by atoms with Crippen LogP contribution in [-0.2, 0) is 0 Å². The first kappa shape index (κ1) is 10.2. The van der Waals surface area contributed by atoms with Gasteiger partial charge in [0.2, 0.25) is 5.91 Å². The van der Waals surface area contributed by atoms with E-state index in [0.717, 1.165) is 4.57 Å². The number of nitrogens with two attached hydrogens (primary N) is 1. The van der Waals surface area contributed by atoms with Crippen LogP contribution in [0.3, 0.4) is 0 Å². The van der Waals surface area contributed by atoms with Gasteiger partial charge in [-0.3, -0.25) is 19.0 Å². The summed E-state index contributed by atoms with van der Waals surface area (Å²) in [6.45, 7) is 1.67. The van der Waals surface area contributed by atoms with Crippen LogP contribution >= 0.6 is 0 Å². The van der Waals surface area contributed by atoms with E-state index >= 15 is 0 Å². The molecule has 0 aromatic carbocycles. The van der Waals surface area contributed by atoms with Crippen LogP contribution in [0.4, 0.5) is 0 Å². The lowest BCUT2D eigenvalue weighted by atomic mass is 10.2. The molecule has 0 atom stereocenters. The van der Waals surface area contributed by atoms with Crippen molar-refractivity contribution in [3.63, 3.8) is 0 Å². The number of carbonyl (C=O) groups excluding carboxylic acids is 3. The first-order valence-electron chi connectivity index (χ1n) is 4.11. The largest absolute Gasteiger partial charge is 0.366 e. The number of hydrogen-bond acceptors (Lipinski definition) is 3. The van der Waals surface area contributed by atoms with Gasteiger partial charge in [-0.25, -0.2) is 0 Å². The maximum atomic E-state index is 11.3. The molecule has 0 aliphatic heterocycles. The van der Waals surface area contributed by atoms with Crippen LogP contribution in [0.1, 0.15) is 39.0 Å². The molecule has 1 rings (SSSR count). The Bertz CT molecular complexity index is 393. The highest BCUT2D eigenvalue weighted by atomic mass is 16.2. The summed E-state index contributed by atoms with van der Waals surface area (Å²) in [5.74, 6) is -0.964. The Balaban J connectivity index is 3.27. The summed E-state index contributed by atoms with van der Waals surface area (Å²) >= 11 is 0. The van der Waals surface area contributed by atoms with E-state index in [2.05, 4.69) is 0 Å². The molecule has 0 fully saturated rings. The van der Waals surface area contributed by atoms with Crippen LogP contribution in [0, 0.1) is 0 Å².